The number of aliphatic imine (C=N–C) groups is 1. The maximum atomic E-state index is 14.2. The molecule has 1 saturated heterocycles. The first-order valence-electron chi connectivity index (χ1n) is 7.37. The number of nitrogens with one attached hydrogen (secondary N) is 2. The minimum Gasteiger partial charge on any atom is -0.356 e. The van der Waals surface area contributed by atoms with Crippen molar-refractivity contribution >= 4 is 21.7 Å². The second-order valence-electron chi connectivity index (χ2n) is 5.39. The zero-order chi connectivity index (χ0) is 15.6. The molecule has 6 nitrogen and oxygen atoms in total. The molecule has 120 valence electrons. The third-order valence-electron chi connectivity index (χ3n) is 3.74. The Bertz CT molecular complexity index is 690. The van der Waals surface area contributed by atoms with Crippen LogP contribution in [0.15, 0.2) is 23.2 Å². The summed E-state index contributed by atoms with van der Waals surface area (Å²) in [5.41, 5.74) is 0.877. The lowest BCUT2D eigenvalue weighted by atomic mass is 10.2. The van der Waals surface area contributed by atoms with E-state index in [0.717, 1.165) is 35.3 Å². The summed E-state index contributed by atoms with van der Waals surface area (Å²) in [7, 11) is -3.36. The minimum absolute atomic E-state index is 0.0846. The lowest BCUT2D eigenvalue weighted by molar-refractivity contribution is 0.594. The van der Waals surface area contributed by atoms with Crippen LogP contribution in [0.1, 0.15) is 18.4 Å². The molecule has 1 fully saturated rings. The summed E-state index contributed by atoms with van der Waals surface area (Å²) in [6.45, 7) is 2.45. The molecule has 0 radical (unpaired) electrons. The van der Waals surface area contributed by atoms with E-state index in [2.05, 4.69) is 15.6 Å². The molecule has 0 spiro atoms. The van der Waals surface area contributed by atoms with Crippen LogP contribution < -0.4 is 14.9 Å². The van der Waals surface area contributed by atoms with Gasteiger partial charge in [-0.25, -0.2) is 12.8 Å². The summed E-state index contributed by atoms with van der Waals surface area (Å²) >= 11 is 0. The van der Waals surface area contributed by atoms with Gasteiger partial charge in [-0.2, -0.15) is 0 Å². The van der Waals surface area contributed by atoms with Gasteiger partial charge in [-0.1, -0.05) is 6.07 Å². The summed E-state index contributed by atoms with van der Waals surface area (Å²) in [5, 5.41) is 6.24. The molecular formula is C14H19FN4O2S. The number of halogens is 1. The Morgan fingerprint density at radius 2 is 2.23 bits per heavy atom. The first kappa shape index (κ1) is 15.1. The topological polar surface area (TPSA) is 73.8 Å². The van der Waals surface area contributed by atoms with Crippen LogP contribution >= 0.6 is 0 Å². The van der Waals surface area contributed by atoms with Gasteiger partial charge < -0.3 is 10.6 Å². The molecule has 1 aromatic rings. The highest BCUT2D eigenvalue weighted by Crippen LogP contribution is 2.27. The zero-order valence-electron chi connectivity index (χ0n) is 12.2. The van der Waals surface area contributed by atoms with Gasteiger partial charge in [0.15, 0.2) is 5.96 Å². The van der Waals surface area contributed by atoms with Crippen molar-refractivity contribution < 1.29 is 12.8 Å². The second kappa shape index (κ2) is 6.12. The van der Waals surface area contributed by atoms with Crippen molar-refractivity contribution in [2.24, 2.45) is 4.99 Å². The Morgan fingerprint density at radius 1 is 1.36 bits per heavy atom. The van der Waals surface area contributed by atoms with E-state index in [4.69, 9.17) is 0 Å². The van der Waals surface area contributed by atoms with E-state index >= 15 is 0 Å². The van der Waals surface area contributed by atoms with Gasteiger partial charge in [-0.3, -0.25) is 9.30 Å². The van der Waals surface area contributed by atoms with Crippen LogP contribution in [-0.4, -0.2) is 39.8 Å². The minimum atomic E-state index is -3.36. The predicted octanol–water partition coefficient (Wildman–Crippen LogP) is 0.805. The summed E-state index contributed by atoms with van der Waals surface area (Å²) in [4.78, 5) is 4.28. The summed E-state index contributed by atoms with van der Waals surface area (Å²) in [5.74, 6) is 0.294. The summed E-state index contributed by atoms with van der Waals surface area (Å²) in [6, 6.07) is 4.65. The number of hydrogen-bond acceptors (Lipinski definition) is 5. The fourth-order valence-corrected chi connectivity index (χ4v) is 4.18. The number of hydrogen-bond donors (Lipinski definition) is 2. The molecule has 0 amide bonds. The van der Waals surface area contributed by atoms with Crippen LogP contribution in [0.3, 0.4) is 0 Å². The Balaban J connectivity index is 1.71. The van der Waals surface area contributed by atoms with Gasteiger partial charge in [0, 0.05) is 26.2 Å². The normalized spacial score (nSPS) is 20.4. The van der Waals surface area contributed by atoms with Gasteiger partial charge in [-0.15, -0.1) is 0 Å². The van der Waals surface area contributed by atoms with Crippen molar-refractivity contribution in [3.63, 3.8) is 0 Å². The third-order valence-corrected chi connectivity index (χ3v) is 5.59. The van der Waals surface area contributed by atoms with E-state index in [1.807, 2.05) is 0 Å². The maximum Gasteiger partial charge on any atom is 0.235 e. The molecule has 1 aromatic carbocycles. The van der Waals surface area contributed by atoms with Crippen LogP contribution in [0.2, 0.25) is 0 Å². The quantitative estimate of drug-likeness (QED) is 0.862. The van der Waals surface area contributed by atoms with Gasteiger partial charge in [0.2, 0.25) is 10.0 Å². The number of benzene rings is 1. The molecular weight excluding hydrogens is 307 g/mol. The third kappa shape index (κ3) is 3.16. The van der Waals surface area contributed by atoms with E-state index in [-0.39, 0.29) is 11.4 Å². The van der Waals surface area contributed by atoms with Crippen LogP contribution in [0, 0.1) is 5.82 Å². The van der Waals surface area contributed by atoms with Crippen LogP contribution in [0.4, 0.5) is 10.1 Å². The van der Waals surface area contributed by atoms with Crippen LogP contribution in [-0.2, 0) is 16.6 Å². The lowest BCUT2D eigenvalue weighted by Gasteiger charge is -2.19. The van der Waals surface area contributed by atoms with E-state index in [9.17, 15) is 12.8 Å². The molecule has 0 bridgehead atoms. The molecule has 0 saturated carbocycles. The molecule has 2 aliphatic heterocycles. The Labute approximate surface area is 129 Å². The average molecular weight is 326 g/mol. The van der Waals surface area contributed by atoms with Gasteiger partial charge in [0.1, 0.15) is 5.82 Å². The largest absolute Gasteiger partial charge is 0.356 e. The van der Waals surface area contributed by atoms with Crippen molar-refractivity contribution in [3.8, 4) is 0 Å². The highest BCUT2D eigenvalue weighted by molar-refractivity contribution is 7.93. The molecule has 0 unspecified atom stereocenters. The number of guanidine groups is 1. The smallest absolute Gasteiger partial charge is 0.235 e. The molecule has 8 heteroatoms. The molecule has 22 heavy (non-hydrogen) atoms. The fraction of sp³-hybridized carbons (Fsp3) is 0.500. The Kier molecular flexibility index (Phi) is 4.19. The van der Waals surface area contributed by atoms with Crippen molar-refractivity contribution in [3.05, 3.63) is 29.6 Å². The monoisotopic (exact) mass is 326 g/mol. The molecule has 0 aromatic heterocycles. The van der Waals surface area contributed by atoms with Crippen molar-refractivity contribution in [2.45, 2.75) is 19.4 Å². The highest BCUT2D eigenvalue weighted by Gasteiger charge is 2.30. The average Bonchev–Trinajstić information content (AvgIpc) is 2.86. The fourth-order valence-electron chi connectivity index (χ4n) is 2.61. The Morgan fingerprint density at radius 3 is 2.86 bits per heavy atom. The molecule has 2 heterocycles. The Hall–Kier alpha value is -1.83. The lowest BCUT2D eigenvalue weighted by Crippen LogP contribution is -2.40. The number of nitrogens with zero attached hydrogens (tertiary/aromatic N) is 2. The first-order valence-corrected chi connectivity index (χ1v) is 8.98. The summed E-state index contributed by atoms with van der Waals surface area (Å²) in [6.07, 6.45) is 1.55. The molecule has 2 N–H and O–H groups in total. The van der Waals surface area contributed by atoms with E-state index in [1.165, 1.54) is 12.1 Å². The number of anilines is 1. The SMILES string of the molecule is O=S1(=O)CCCN1c1ccc(CNC2=NCCCN2)cc1F. The van der Waals surface area contributed by atoms with E-state index in [0.29, 0.717) is 19.5 Å². The standard InChI is InChI=1S/C14H19FN4O2S/c15-12-9-11(10-18-14-16-5-1-6-17-14)3-4-13(12)19-7-2-8-22(19,20)21/h3-4,9H,1-2,5-8,10H2,(H2,16,17,18). The van der Waals surface area contributed by atoms with Crippen LogP contribution in [0.25, 0.3) is 0 Å². The maximum absolute atomic E-state index is 14.2. The van der Waals surface area contributed by atoms with Crippen LogP contribution in [0.5, 0.6) is 0 Å². The van der Waals surface area contributed by atoms with Gasteiger partial charge in [0.25, 0.3) is 0 Å². The molecule has 2 aliphatic rings. The first-order chi connectivity index (χ1) is 10.6. The van der Waals surface area contributed by atoms with Gasteiger partial charge in [0.05, 0.1) is 11.4 Å². The second-order valence-corrected chi connectivity index (χ2v) is 7.40. The van der Waals surface area contributed by atoms with Crippen molar-refractivity contribution in [2.75, 3.05) is 29.7 Å². The molecule has 3 rings (SSSR count). The highest BCUT2D eigenvalue weighted by atomic mass is 32.2. The summed E-state index contributed by atoms with van der Waals surface area (Å²) < 4.78 is 39.1. The van der Waals surface area contributed by atoms with E-state index in [1.54, 1.807) is 6.07 Å². The number of rotatable bonds is 3. The van der Waals surface area contributed by atoms with Crippen molar-refractivity contribution in [1.29, 1.82) is 0 Å². The van der Waals surface area contributed by atoms with Crippen molar-refractivity contribution in [1.82, 2.24) is 10.6 Å². The zero-order valence-corrected chi connectivity index (χ0v) is 13.0. The van der Waals surface area contributed by atoms with Gasteiger partial charge in [-0.05, 0) is 30.5 Å². The molecule has 0 atom stereocenters. The number of sulfonamides is 1. The predicted molar refractivity (Wildman–Crippen MR) is 83.9 cm³/mol. The van der Waals surface area contributed by atoms with E-state index < -0.39 is 15.8 Å². The molecule has 0 aliphatic carbocycles. The van der Waals surface area contributed by atoms with Gasteiger partial charge >= 0.3 is 0 Å².